The van der Waals surface area contributed by atoms with Crippen LogP contribution < -0.4 is 20.7 Å². The number of carbonyl (C=O) groups excluding carboxylic acids is 3. The summed E-state index contributed by atoms with van der Waals surface area (Å²) in [5, 5.41) is 7.91. The third-order valence-electron chi connectivity index (χ3n) is 4.35. The van der Waals surface area contributed by atoms with Gasteiger partial charge in [0.1, 0.15) is 5.82 Å². The summed E-state index contributed by atoms with van der Waals surface area (Å²) in [4.78, 5) is 42.3. The van der Waals surface area contributed by atoms with Crippen LogP contribution in [0.2, 0.25) is 10.0 Å². The summed E-state index contributed by atoms with van der Waals surface area (Å²) in [6.45, 7) is 1.62. The third-order valence-corrected chi connectivity index (χ3v) is 4.79. The standard InChI is InChI=1S/C19H16Cl2F3N5O4/c20-10-1-2-14(26-9-10)27-16(30)12-7-11(21)8-13(33-17(31)19(22,23)24)15(12)28-18(32)29-5-3-25-4-6-29/h1-2,7-9,25H,3-6H2,(H,28,32)(H,26,27,30). The molecule has 0 atom stereocenters. The first-order valence-corrected chi connectivity index (χ1v) is 10.1. The molecule has 176 valence electrons. The molecule has 0 aliphatic carbocycles. The first kappa shape index (κ1) is 24.6. The van der Waals surface area contributed by atoms with Crippen molar-refractivity contribution >= 4 is 52.6 Å². The van der Waals surface area contributed by atoms with Crippen LogP contribution in [0, 0.1) is 0 Å². The van der Waals surface area contributed by atoms with Crippen molar-refractivity contribution in [3.63, 3.8) is 0 Å². The van der Waals surface area contributed by atoms with Gasteiger partial charge in [-0.2, -0.15) is 13.2 Å². The highest BCUT2D eigenvalue weighted by atomic mass is 35.5. The minimum atomic E-state index is -5.32. The van der Waals surface area contributed by atoms with E-state index in [-0.39, 0.29) is 16.4 Å². The fraction of sp³-hybridized carbons (Fsp3) is 0.263. The zero-order valence-corrected chi connectivity index (χ0v) is 18.1. The average molecular weight is 506 g/mol. The number of ether oxygens (including phenoxy) is 1. The Morgan fingerprint density at radius 2 is 1.76 bits per heavy atom. The van der Waals surface area contributed by atoms with Crippen molar-refractivity contribution in [3.05, 3.63) is 46.1 Å². The number of halogens is 5. The van der Waals surface area contributed by atoms with Crippen LogP contribution in [0.1, 0.15) is 10.4 Å². The summed E-state index contributed by atoms with van der Waals surface area (Å²) < 4.78 is 42.8. The average Bonchev–Trinajstić information content (AvgIpc) is 2.76. The maximum absolute atomic E-state index is 12.9. The van der Waals surface area contributed by atoms with Gasteiger partial charge in [0.25, 0.3) is 5.91 Å². The largest absolute Gasteiger partial charge is 0.491 e. The highest BCUT2D eigenvalue weighted by Crippen LogP contribution is 2.35. The Morgan fingerprint density at radius 1 is 1.06 bits per heavy atom. The van der Waals surface area contributed by atoms with E-state index in [4.69, 9.17) is 23.2 Å². The summed E-state index contributed by atoms with van der Waals surface area (Å²) in [7, 11) is 0. The summed E-state index contributed by atoms with van der Waals surface area (Å²) in [5.74, 6) is -4.11. The minimum Gasteiger partial charge on any atom is -0.418 e. The monoisotopic (exact) mass is 505 g/mol. The highest BCUT2D eigenvalue weighted by Gasteiger charge is 2.42. The van der Waals surface area contributed by atoms with Gasteiger partial charge in [-0.1, -0.05) is 23.2 Å². The van der Waals surface area contributed by atoms with Gasteiger partial charge in [0.15, 0.2) is 5.75 Å². The highest BCUT2D eigenvalue weighted by molar-refractivity contribution is 6.32. The van der Waals surface area contributed by atoms with E-state index in [2.05, 4.69) is 25.7 Å². The smallest absolute Gasteiger partial charge is 0.418 e. The topological polar surface area (TPSA) is 113 Å². The van der Waals surface area contributed by atoms with E-state index in [0.717, 1.165) is 12.1 Å². The van der Waals surface area contributed by atoms with Crippen molar-refractivity contribution in [2.45, 2.75) is 6.18 Å². The molecule has 9 nitrogen and oxygen atoms in total. The van der Waals surface area contributed by atoms with Gasteiger partial charge < -0.3 is 25.6 Å². The van der Waals surface area contributed by atoms with Crippen molar-refractivity contribution in [2.24, 2.45) is 0 Å². The van der Waals surface area contributed by atoms with Crippen LogP contribution in [0.4, 0.5) is 29.5 Å². The molecule has 3 N–H and O–H groups in total. The minimum absolute atomic E-state index is 0.0672. The van der Waals surface area contributed by atoms with Crippen molar-refractivity contribution < 1.29 is 32.3 Å². The molecule has 33 heavy (non-hydrogen) atoms. The maximum atomic E-state index is 12.9. The quantitative estimate of drug-likeness (QED) is 0.432. The second-order valence-electron chi connectivity index (χ2n) is 6.70. The number of pyridine rings is 1. The molecule has 0 spiro atoms. The lowest BCUT2D eigenvalue weighted by molar-refractivity contribution is -0.189. The normalized spacial score (nSPS) is 13.9. The predicted molar refractivity (Wildman–Crippen MR) is 114 cm³/mol. The van der Waals surface area contributed by atoms with Crippen LogP contribution in [0.5, 0.6) is 5.75 Å². The van der Waals surface area contributed by atoms with E-state index in [1.165, 1.54) is 23.2 Å². The summed E-state index contributed by atoms with van der Waals surface area (Å²) in [6, 6.07) is 4.11. The lowest BCUT2D eigenvalue weighted by Crippen LogP contribution is -2.48. The molecular weight excluding hydrogens is 490 g/mol. The summed E-state index contributed by atoms with van der Waals surface area (Å²) >= 11 is 11.7. The van der Waals surface area contributed by atoms with Gasteiger partial charge in [-0.15, -0.1) is 0 Å². The van der Waals surface area contributed by atoms with Gasteiger partial charge in [-0.3, -0.25) is 4.79 Å². The number of alkyl halides is 3. The lowest BCUT2D eigenvalue weighted by Gasteiger charge is -2.28. The van der Waals surface area contributed by atoms with E-state index in [1.807, 2.05) is 0 Å². The van der Waals surface area contributed by atoms with Crippen LogP contribution >= 0.6 is 23.2 Å². The molecule has 0 radical (unpaired) electrons. The molecule has 1 saturated heterocycles. The number of esters is 1. The van der Waals surface area contributed by atoms with E-state index >= 15 is 0 Å². The number of nitrogens with one attached hydrogen (secondary N) is 3. The second kappa shape index (κ2) is 10.2. The van der Waals surface area contributed by atoms with Gasteiger partial charge in [0.05, 0.1) is 16.3 Å². The van der Waals surface area contributed by atoms with Gasteiger partial charge in [0.2, 0.25) is 0 Å². The van der Waals surface area contributed by atoms with Gasteiger partial charge in [-0.05, 0) is 18.2 Å². The number of urea groups is 1. The Morgan fingerprint density at radius 3 is 2.36 bits per heavy atom. The zero-order chi connectivity index (χ0) is 24.2. The molecule has 2 heterocycles. The first-order valence-electron chi connectivity index (χ1n) is 9.36. The van der Waals surface area contributed by atoms with Crippen LogP contribution in [-0.4, -0.2) is 60.1 Å². The number of hydrogen-bond acceptors (Lipinski definition) is 6. The molecule has 2 aromatic rings. The van der Waals surface area contributed by atoms with Crippen LogP contribution in [0.25, 0.3) is 0 Å². The maximum Gasteiger partial charge on any atom is 0.491 e. The van der Waals surface area contributed by atoms with Crippen LogP contribution in [0.15, 0.2) is 30.5 Å². The number of nitrogens with zero attached hydrogens (tertiary/aromatic N) is 2. The fourth-order valence-electron chi connectivity index (χ4n) is 2.82. The van der Waals surface area contributed by atoms with E-state index in [0.29, 0.717) is 31.2 Å². The molecule has 1 aliphatic rings. The number of rotatable bonds is 4. The molecule has 0 unspecified atom stereocenters. The third kappa shape index (κ3) is 6.46. The summed E-state index contributed by atoms with van der Waals surface area (Å²) in [6.07, 6.45) is -4.06. The Labute approximate surface area is 195 Å². The molecule has 1 aromatic heterocycles. The molecule has 0 bridgehead atoms. The van der Waals surface area contributed by atoms with E-state index < -0.39 is 35.5 Å². The van der Waals surface area contributed by atoms with Gasteiger partial charge >= 0.3 is 18.2 Å². The zero-order valence-electron chi connectivity index (χ0n) is 16.6. The Kier molecular flexibility index (Phi) is 7.61. The Balaban J connectivity index is 1.98. The van der Waals surface area contributed by atoms with Crippen molar-refractivity contribution in [2.75, 3.05) is 36.8 Å². The van der Waals surface area contributed by atoms with Gasteiger partial charge in [0, 0.05) is 43.5 Å². The predicted octanol–water partition coefficient (Wildman–Crippen LogP) is 3.55. The number of amides is 3. The van der Waals surface area contributed by atoms with E-state index in [1.54, 1.807) is 0 Å². The number of benzene rings is 1. The van der Waals surface area contributed by atoms with Crippen molar-refractivity contribution in [1.82, 2.24) is 15.2 Å². The number of hydrogen-bond donors (Lipinski definition) is 3. The number of anilines is 2. The molecule has 1 aliphatic heterocycles. The number of aromatic nitrogens is 1. The lowest BCUT2D eigenvalue weighted by atomic mass is 10.1. The SMILES string of the molecule is O=C(Nc1ccc(Cl)cn1)c1cc(Cl)cc(OC(=O)C(F)(F)F)c1NC(=O)N1CCNCC1. The molecule has 3 rings (SSSR count). The molecular formula is C19H16Cl2F3N5O4. The molecule has 1 aromatic carbocycles. The molecule has 14 heteroatoms. The number of piperazine rings is 1. The van der Waals surface area contributed by atoms with Crippen molar-refractivity contribution in [3.8, 4) is 5.75 Å². The first-order chi connectivity index (χ1) is 15.5. The summed E-state index contributed by atoms with van der Waals surface area (Å²) in [5.41, 5.74) is -0.820. The second-order valence-corrected chi connectivity index (χ2v) is 7.57. The number of carbonyl (C=O) groups is 3. The molecule has 0 saturated carbocycles. The fourth-order valence-corrected chi connectivity index (χ4v) is 3.14. The Bertz CT molecular complexity index is 1060. The Hall–Kier alpha value is -3.09. The van der Waals surface area contributed by atoms with Crippen molar-refractivity contribution in [1.29, 1.82) is 0 Å². The van der Waals surface area contributed by atoms with Crippen LogP contribution in [-0.2, 0) is 4.79 Å². The van der Waals surface area contributed by atoms with Gasteiger partial charge in [-0.25, -0.2) is 14.6 Å². The van der Waals surface area contributed by atoms with Crippen LogP contribution in [0.3, 0.4) is 0 Å². The van der Waals surface area contributed by atoms with E-state index in [9.17, 15) is 27.6 Å². The molecule has 1 fully saturated rings. The molecule has 3 amide bonds.